The van der Waals surface area contributed by atoms with Gasteiger partial charge in [-0.2, -0.15) is 4.31 Å². The lowest BCUT2D eigenvalue weighted by molar-refractivity contribution is -0.131. The molecule has 0 saturated heterocycles. The first-order chi connectivity index (χ1) is 13.6. The van der Waals surface area contributed by atoms with E-state index in [1.807, 2.05) is 26.0 Å². The maximum absolute atomic E-state index is 13.3. The zero-order chi connectivity index (χ0) is 21.8. The zero-order valence-corrected chi connectivity index (χ0v) is 18.6. The molecule has 1 aromatic carbocycles. The van der Waals surface area contributed by atoms with Crippen LogP contribution < -0.4 is 4.74 Å². The third-order valence-electron chi connectivity index (χ3n) is 5.23. The van der Waals surface area contributed by atoms with Crippen molar-refractivity contribution in [3.8, 4) is 5.75 Å². The van der Waals surface area contributed by atoms with Crippen molar-refractivity contribution in [1.29, 1.82) is 0 Å². The van der Waals surface area contributed by atoms with Crippen LogP contribution in [0, 0.1) is 5.92 Å². The summed E-state index contributed by atoms with van der Waals surface area (Å²) in [6.07, 6.45) is 3.74. The lowest BCUT2D eigenvalue weighted by Crippen LogP contribution is -2.50. The summed E-state index contributed by atoms with van der Waals surface area (Å²) in [7, 11) is -2.12. The molecule has 1 aliphatic rings. The summed E-state index contributed by atoms with van der Waals surface area (Å²) in [6, 6.07) is 4.42. The van der Waals surface area contributed by atoms with Crippen molar-refractivity contribution in [2.24, 2.45) is 5.92 Å². The number of sulfonamides is 1. The molecule has 29 heavy (non-hydrogen) atoms. The quantitative estimate of drug-likeness (QED) is 0.758. The molecule has 3 atom stereocenters. The number of hydrogen-bond donors (Lipinski definition) is 1. The van der Waals surface area contributed by atoms with E-state index in [9.17, 15) is 18.3 Å². The number of aliphatic hydroxyl groups excluding tert-OH is 1. The van der Waals surface area contributed by atoms with Gasteiger partial charge in [0, 0.05) is 32.0 Å². The van der Waals surface area contributed by atoms with Crippen molar-refractivity contribution in [1.82, 2.24) is 9.21 Å². The van der Waals surface area contributed by atoms with Crippen molar-refractivity contribution in [2.45, 2.75) is 51.2 Å². The van der Waals surface area contributed by atoms with E-state index in [0.29, 0.717) is 13.0 Å². The number of hydrogen-bond acceptors (Lipinski definition) is 5. The molecule has 1 amide bonds. The fourth-order valence-corrected chi connectivity index (χ4v) is 5.22. The van der Waals surface area contributed by atoms with Crippen molar-refractivity contribution in [3.05, 3.63) is 29.8 Å². The first-order valence-corrected chi connectivity index (χ1v) is 11.4. The fourth-order valence-electron chi connectivity index (χ4n) is 3.40. The van der Waals surface area contributed by atoms with Crippen LogP contribution in [0.15, 0.2) is 29.2 Å². The second-order valence-corrected chi connectivity index (χ2v) is 9.43. The van der Waals surface area contributed by atoms with Gasteiger partial charge in [0.1, 0.15) is 16.7 Å². The molecule has 1 aromatic rings. The number of nitrogens with zero attached hydrogens (tertiary/aromatic N) is 2. The molecule has 0 aromatic heterocycles. The number of fused-ring (bicyclic) bond motifs is 1. The van der Waals surface area contributed by atoms with Crippen LogP contribution in [0.5, 0.6) is 5.75 Å². The summed E-state index contributed by atoms with van der Waals surface area (Å²) < 4.78 is 34.2. The fraction of sp³-hybridized carbons (Fsp3) is 0.571. The highest BCUT2D eigenvalue weighted by Crippen LogP contribution is 2.34. The maximum atomic E-state index is 13.3. The van der Waals surface area contributed by atoms with E-state index in [1.165, 1.54) is 4.31 Å². The lowest BCUT2D eigenvalue weighted by atomic mass is 10.0. The highest BCUT2D eigenvalue weighted by Gasteiger charge is 2.38. The SMILES string of the molecule is C/C=C/c1ccc2c(c1)O[C@H](CN(C)C(=O)CC)[C@@H](C)CN([C@H](C)CO)S2(=O)=O. The van der Waals surface area contributed by atoms with Crippen molar-refractivity contribution in [3.63, 3.8) is 0 Å². The number of rotatable bonds is 6. The topological polar surface area (TPSA) is 87.2 Å². The standard InChI is InChI=1S/C21H32N2O5S/c1-6-8-17-9-10-20-18(11-17)28-19(13-22(5)21(25)7-2)15(3)12-23(16(4)14-24)29(20,26)27/h6,8-11,15-16,19,24H,7,12-14H2,1-5H3/b8-6+/t15-,16+,19+/m0/s1. The summed E-state index contributed by atoms with van der Waals surface area (Å²) >= 11 is 0. The molecule has 7 nitrogen and oxygen atoms in total. The number of amides is 1. The molecule has 2 rings (SSSR count). The minimum absolute atomic E-state index is 0.000969. The Morgan fingerprint density at radius 3 is 2.72 bits per heavy atom. The van der Waals surface area contributed by atoms with Gasteiger partial charge in [0.25, 0.3) is 0 Å². The Morgan fingerprint density at radius 2 is 2.14 bits per heavy atom. The van der Waals surface area contributed by atoms with Crippen molar-refractivity contribution >= 4 is 22.0 Å². The van der Waals surface area contributed by atoms with Gasteiger partial charge in [0.05, 0.1) is 13.2 Å². The Kier molecular flexibility index (Phi) is 7.85. The van der Waals surface area contributed by atoms with Crippen molar-refractivity contribution < 1.29 is 23.1 Å². The predicted octanol–water partition coefficient (Wildman–Crippen LogP) is 2.36. The minimum atomic E-state index is -3.85. The largest absolute Gasteiger partial charge is 0.487 e. The monoisotopic (exact) mass is 424 g/mol. The molecular weight excluding hydrogens is 392 g/mol. The summed E-state index contributed by atoms with van der Waals surface area (Å²) in [6.45, 7) is 7.54. The molecule has 0 aliphatic carbocycles. The normalized spacial score (nSPS) is 23.0. The summed E-state index contributed by atoms with van der Waals surface area (Å²) in [4.78, 5) is 13.8. The predicted molar refractivity (Wildman–Crippen MR) is 113 cm³/mol. The van der Waals surface area contributed by atoms with Gasteiger partial charge in [-0.05, 0) is 31.5 Å². The summed E-state index contributed by atoms with van der Waals surface area (Å²) in [5, 5.41) is 9.65. The lowest BCUT2D eigenvalue weighted by Gasteiger charge is -2.37. The number of benzene rings is 1. The number of allylic oxidation sites excluding steroid dienone is 1. The van der Waals surface area contributed by atoms with Gasteiger partial charge in [0.15, 0.2) is 0 Å². The second-order valence-electron chi connectivity index (χ2n) is 7.57. The van der Waals surface area contributed by atoms with E-state index in [2.05, 4.69) is 0 Å². The maximum Gasteiger partial charge on any atom is 0.247 e. The van der Waals surface area contributed by atoms with Crippen LogP contribution in [0.1, 0.15) is 39.7 Å². The molecular formula is C21H32N2O5S. The van der Waals surface area contributed by atoms with E-state index in [1.54, 1.807) is 44.0 Å². The van der Waals surface area contributed by atoms with Gasteiger partial charge < -0.3 is 14.7 Å². The number of carbonyl (C=O) groups is 1. The van der Waals surface area contributed by atoms with Gasteiger partial charge in [-0.15, -0.1) is 0 Å². The average molecular weight is 425 g/mol. The summed E-state index contributed by atoms with van der Waals surface area (Å²) in [5.74, 6) is 0.0768. The number of aliphatic hydroxyl groups is 1. The molecule has 0 fully saturated rings. The van der Waals surface area contributed by atoms with Crippen LogP contribution in [0.3, 0.4) is 0 Å². The molecule has 0 unspecified atom stereocenters. The molecule has 1 N–H and O–H groups in total. The number of likely N-dealkylation sites (N-methyl/N-ethyl adjacent to an activating group) is 1. The van der Waals surface area contributed by atoms with E-state index in [4.69, 9.17) is 4.74 Å². The van der Waals surface area contributed by atoms with Crippen LogP contribution in [0.25, 0.3) is 6.08 Å². The van der Waals surface area contributed by atoms with Crippen molar-refractivity contribution in [2.75, 3.05) is 26.7 Å². The van der Waals surface area contributed by atoms with E-state index in [0.717, 1.165) is 5.56 Å². The minimum Gasteiger partial charge on any atom is -0.487 e. The Bertz CT molecular complexity index is 853. The highest BCUT2D eigenvalue weighted by atomic mass is 32.2. The molecule has 0 bridgehead atoms. The number of carbonyl (C=O) groups excluding carboxylic acids is 1. The van der Waals surface area contributed by atoms with Crippen LogP contribution in [0.4, 0.5) is 0 Å². The molecule has 0 saturated carbocycles. The van der Waals surface area contributed by atoms with Crippen LogP contribution in [0.2, 0.25) is 0 Å². The Labute approximate surface area is 174 Å². The van der Waals surface area contributed by atoms with Gasteiger partial charge in [-0.1, -0.05) is 32.1 Å². The molecule has 1 aliphatic heterocycles. The highest BCUT2D eigenvalue weighted by molar-refractivity contribution is 7.89. The second kappa shape index (κ2) is 9.73. The average Bonchev–Trinajstić information content (AvgIpc) is 2.69. The van der Waals surface area contributed by atoms with Gasteiger partial charge in [0.2, 0.25) is 15.9 Å². The first-order valence-electron chi connectivity index (χ1n) is 9.95. The Balaban J connectivity index is 2.56. The first kappa shape index (κ1) is 23.4. The molecule has 0 spiro atoms. The Morgan fingerprint density at radius 1 is 1.45 bits per heavy atom. The number of ether oxygens (including phenoxy) is 1. The zero-order valence-electron chi connectivity index (χ0n) is 17.8. The smallest absolute Gasteiger partial charge is 0.247 e. The molecule has 0 radical (unpaired) electrons. The van der Waals surface area contributed by atoms with Gasteiger partial charge in [-0.25, -0.2) is 8.42 Å². The van der Waals surface area contributed by atoms with E-state index in [-0.39, 0.29) is 41.7 Å². The molecule has 1 heterocycles. The Hall–Kier alpha value is -1.90. The van der Waals surface area contributed by atoms with Crippen LogP contribution in [-0.4, -0.2) is 67.5 Å². The van der Waals surface area contributed by atoms with E-state index >= 15 is 0 Å². The summed E-state index contributed by atoms with van der Waals surface area (Å²) in [5.41, 5.74) is 0.827. The third-order valence-corrected chi connectivity index (χ3v) is 7.25. The van der Waals surface area contributed by atoms with Gasteiger partial charge in [-0.3, -0.25) is 4.79 Å². The van der Waals surface area contributed by atoms with Gasteiger partial charge >= 0.3 is 0 Å². The molecule has 162 valence electrons. The van der Waals surface area contributed by atoms with Crippen LogP contribution >= 0.6 is 0 Å². The molecule has 8 heteroatoms. The third kappa shape index (κ3) is 5.18. The van der Waals surface area contributed by atoms with E-state index < -0.39 is 16.1 Å². The van der Waals surface area contributed by atoms with Crippen LogP contribution in [-0.2, 0) is 14.8 Å².